The predicted molar refractivity (Wildman–Crippen MR) is 119 cm³/mol. The SMILES string of the molecule is COc1cccc2c3c([nH]c12)C1(CCN(Cc2ccc(F)cc2)CC1)N(C(C)=O)CC3. The van der Waals surface area contributed by atoms with Gasteiger partial charge in [-0.15, -0.1) is 0 Å². The third kappa shape index (κ3) is 3.30. The lowest BCUT2D eigenvalue weighted by molar-refractivity contribution is -0.139. The lowest BCUT2D eigenvalue weighted by atomic mass is 9.77. The quantitative estimate of drug-likeness (QED) is 0.689. The van der Waals surface area contributed by atoms with Crippen molar-refractivity contribution in [2.45, 2.75) is 38.3 Å². The molecule has 0 unspecified atom stereocenters. The Morgan fingerprint density at radius 2 is 1.87 bits per heavy atom. The van der Waals surface area contributed by atoms with Crippen LogP contribution in [-0.4, -0.2) is 47.4 Å². The lowest BCUT2D eigenvalue weighted by Crippen LogP contribution is -2.57. The summed E-state index contributed by atoms with van der Waals surface area (Å²) in [5, 5.41) is 1.20. The van der Waals surface area contributed by atoms with Crippen LogP contribution in [0.4, 0.5) is 4.39 Å². The molecule has 3 heterocycles. The highest BCUT2D eigenvalue weighted by atomic mass is 19.1. The fraction of sp³-hybridized carbons (Fsp3) is 0.400. The number of hydrogen-bond donors (Lipinski definition) is 1. The summed E-state index contributed by atoms with van der Waals surface area (Å²) < 4.78 is 18.8. The number of benzene rings is 2. The molecule has 6 heteroatoms. The van der Waals surface area contributed by atoms with E-state index in [1.807, 2.05) is 24.3 Å². The van der Waals surface area contributed by atoms with Crippen molar-refractivity contribution in [3.8, 4) is 5.75 Å². The van der Waals surface area contributed by atoms with Gasteiger partial charge in [0.05, 0.1) is 18.2 Å². The van der Waals surface area contributed by atoms with Crippen LogP contribution < -0.4 is 4.74 Å². The lowest BCUT2D eigenvalue weighted by Gasteiger charge is -2.51. The van der Waals surface area contributed by atoms with Crippen molar-refractivity contribution in [1.82, 2.24) is 14.8 Å². The van der Waals surface area contributed by atoms with E-state index in [1.165, 1.54) is 28.8 Å². The first-order valence-electron chi connectivity index (χ1n) is 10.9. The van der Waals surface area contributed by atoms with E-state index >= 15 is 0 Å². The highest BCUT2D eigenvalue weighted by Gasteiger charge is 2.47. The standard InChI is InChI=1S/C25H28FN3O2/c1-17(30)29-13-10-21-20-4-3-5-22(31-2)23(20)27-24(21)25(29)11-14-28(15-12-25)16-18-6-8-19(26)9-7-18/h3-9,27H,10-16H2,1-2H3. The fourth-order valence-corrected chi connectivity index (χ4v) is 5.55. The molecule has 0 atom stereocenters. The molecule has 5 nitrogen and oxygen atoms in total. The normalized spacial score (nSPS) is 18.4. The number of fused-ring (bicyclic) bond motifs is 4. The second kappa shape index (κ2) is 7.68. The molecule has 1 fully saturated rings. The zero-order valence-electron chi connectivity index (χ0n) is 18.1. The summed E-state index contributed by atoms with van der Waals surface area (Å²) in [5.41, 5.74) is 4.31. The number of ether oxygens (including phenoxy) is 1. The van der Waals surface area contributed by atoms with Gasteiger partial charge in [0.25, 0.3) is 0 Å². The first-order valence-corrected chi connectivity index (χ1v) is 10.9. The molecule has 2 aliphatic rings. The molecule has 1 amide bonds. The molecular weight excluding hydrogens is 393 g/mol. The molecule has 0 saturated carbocycles. The van der Waals surface area contributed by atoms with E-state index in [-0.39, 0.29) is 17.3 Å². The molecule has 3 aromatic rings. The maximum Gasteiger partial charge on any atom is 0.220 e. The minimum atomic E-state index is -0.317. The second-order valence-corrected chi connectivity index (χ2v) is 8.72. The number of methoxy groups -OCH3 is 1. The molecule has 5 rings (SSSR count). The van der Waals surface area contributed by atoms with Gasteiger partial charge in [-0.3, -0.25) is 9.69 Å². The number of hydrogen-bond acceptors (Lipinski definition) is 3. The van der Waals surface area contributed by atoms with Crippen molar-refractivity contribution >= 4 is 16.8 Å². The Balaban J connectivity index is 1.48. The summed E-state index contributed by atoms with van der Waals surface area (Å²) in [6, 6.07) is 12.9. The predicted octanol–water partition coefficient (Wildman–Crippen LogP) is 4.21. The van der Waals surface area contributed by atoms with Crippen LogP contribution in [0.2, 0.25) is 0 Å². The molecule has 0 aliphatic carbocycles. The van der Waals surface area contributed by atoms with E-state index in [0.29, 0.717) is 0 Å². The van der Waals surface area contributed by atoms with Crippen LogP contribution in [0.15, 0.2) is 42.5 Å². The highest BCUT2D eigenvalue weighted by molar-refractivity contribution is 5.91. The summed E-state index contributed by atoms with van der Waals surface area (Å²) in [4.78, 5) is 20.8. The van der Waals surface area contributed by atoms with Gasteiger partial charge in [0.2, 0.25) is 5.91 Å². The van der Waals surface area contributed by atoms with Crippen LogP contribution in [0.25, 0.3) is 10.9 Å². The molecular formula is C25H28FN3O2. The maximum absolute atomic E-state index is 13.2. The number of piperidine rings is 1. The number of nitrogens with zero attached hydrogens (tertiary/aromatic N) is 2. The molecule has 2 aliphatic heterocycles. The first kappa shape index (κ1) is 20.1. The molecule has 0 bridgehead atoms. The molecule has 1 aromatic heterocycles. The van der Waals surface area contributed by atoms with E-state index in [1.54, 1.807) is 14.0 Å². The zero-order valence-corrected chi connectivity index (χ0v) is 18.1. The molecule has 31 heavy (non-hydrogen) atoms. The van der Waals surface area contributed by atoms with Gasteiger partial charge < -0.3 is 14.6 Å². The zero-order chi connectivity index (χ0) is 21.6. The van der Waals surface area contributed by atoms with Crippen molar-refractivity contribution in [3.63, 3.8) is 0 Å². The Hall–Kier alpha value is -2.86. The number of H-pyrrole nitrogens is 1. The molecule has 1 spiro atoms. The third-order valence-corrected chi connectivity index (χ3v) is 7.07. The van der Waals surface area contributed by atoms with Crippen LogP contribution >= 0.6 is 0 Å². The van der Waals surface area contributed by atoms with E-state index in [0.717, 1.165) is 62.3 Å². The summed E-state index contributed by atoms with van der Waals surface area (Å²) in [7, 11) is 1.69. The Kier molecular flexibility index (Phi) is 4.97. The number of nitrogens with one attached hydrogen (secondary N) is 1. The van der Waals surface area contributed by atoms with Gasteiger partial charge >= 0.3 is 0 Å². The number of aromatic nitrogens is 1. The van der Waals surface area contributed by atoms with Crippen molar-refractivity contribution in [3.05, 3.63) is 65.1 Å². The Morgan fingerprint density at radius 3 is 2.55 bits per heavy atom. The largest absolute Gasteiger partial charge is 0.495 e. The summed E-state index contributed by atoms with van der Waals surface area (Å²) in [5.74, 6) is 0.760. The van der Waals surface area contributed by atoms with Gasteiger partial charge in [0, 0.05) is 44.2 Å². The minimum Gasteiger partial charge on any atom is -0.495 e. The minimum absolute atomic E-state index is 0.128. The molecule has 162 valence electrons. The van der Waals surface area contributed by atoms with Gasteiger partial charge in [0.1, 0.15) is 11.6 Å². The van der Waals surface area contributed by atoms with Crippen LogP contribution in [0.1, 0.15) is 36.6 Å². The Labute approximate surface area is 181 Å². The van der Waals surface area contributed by atoms with Crippen LogP contribution in [0.5, 0.6) is 5.75 Å². The summed E-state index contributed by atoms with van der Waals surface area (Å²) in [6.45, 7) is 4.98. The number of rotatable bonds is 3. The number of carbonyl (C=O) groups is 1. The number of likely N-dealkylation sites (tertiary alicyclic amines) is 1. The number of halogens is 1. The molecule has 2 aromatic carbocycles. The topological polar surface area (TPSA) is 48.6 Å². The summed E-state index contributed by atoms with van der Waals surface area (Å²) >= 11 is 0. The smallest absolute Gasteiger partial charge is 0.220 e. The van der Waals surface area contributed by atoms with Gasteiger partial charge in [-0.1, -0.05) is 24.3 Å². The van der Waals surface area contributed by atoms with Crippen LogP contribution in [0.3, 0.4) is 0 Å². The second-order valence-electron chi connectivity index (χ2n) is 8.72. The third-order valence-electron chi connectivity index (χ3n) is 7.07. The van der Waals surface area contributed by atoms with Crippen LogP contribution in [-0.2, 0) is 23.3 Å². The van der Waals surface area contributed by atoms with Gasteiger partial charge in [-0.2, -0.15) is 0 Å². The van der Waals surface area contributed by atoms with Crippen molar-refractivity contribution < 1.29 is 13.9 Å². The van der Waals surface area contributed by atoms with E-state index in [9.17, 15) is 9.18 Å². The van der Waals surface area contributed by atoms with Gasteiger partial charge in [-0.25, -0.2) is 4.39 Å². The van der Waals surface area contributed by atoms with Crippen molar-refractivity contribution in [1.29, 1.82) is 0 Å². The molecule has 1 N–H and O–H groups in total. The Bertz CT molecular complexity index is 1110. The average Bonchev–Trinajstić information content (AvgIpc) is 3.17. The van der Waals surface area contributed by atoms with E-state index in [4.69, 9.17) is 4.74 Å². The summed E-state index contributed by atoms with van der Waals surface area (Å²) in [6.07, 6.45) is 2.59. The number of amides is 1. The monoisotopic (exact) mass is 421 g/mol. The fourth-order valence-electron chi connectivity index (χ4n) is 5.55. The van der Waals surface area contributed by atoms with E-state index in [2.05, 4.69) is 20.9 Å². The Morgan fingerprint density at radius 1 is 1.13 bits per heavy atom. The molecule has 1 saturated heterocycles. The number of para-hydroxylation sites is 1. The van der Waals surface area contributed by atoms with Crippen molar-refractivity contribution in [2.24, 2.45) is 0 Å². The maximum atomic E-state index is 13.2. The average molecular weight is 422 g/mol. The van der Waals surface area contributed by atoms with E-state index < -0.39 is 0 Å². The highest BCUT2D eigenvalue weighted by Crippen LogP contribution is 2.46. The number of carbonyl (C=O) groups excluding carboxylic acids is 1. The number of aromatic amines is 1. The van der Waals surface area contributed by atoms with Crippen molar-refractivity contribution in [2.75, 3.05) is 26.7 Å². The van der Waals surface area contributed by atoms with Gasteiger partial charge in [0.15, 0.2) is 0 Å². The molecule has 0 radical (unpaired) electrons. The van der Waals surface area contributed by atoms with Gasteiger partial charge in [-0.05, 0) is 48.6 Å². The first-order chi connectivity index (χ1) is 15.0. The van der Waals surface area contributed by atoms with Crippen LogP contribution in [0, 0.1) is 5.82 Å².